The highest BCUT2D eigenvalue weighted by Gasteiger charge is 2.27. The summed E-state index contributed by atoms with van der Waals surface area (Å²) in [5, 5.41) is 12.4. The third kappa shape index (κ3) is 2.92. The number of aromatic nitrogens is 1. The molecule has 2 N–H and O–H groups in total. The lowest BCUT2D eigenvalue weighted by Gasteiger charge is -2.18. The van der Waals surface area contributed by atoms with E-state index in [1.54, 1.807) is 41.4 Å². The van der Waals surface area contributed by atoms with Crippen LogP contribution in [0, 0.1) is 5.82 Å². The van der Waals surface area contributed by atoms with E-state index in [2.05, 4.69) is 10.3 Å². The van der Waals surface area contributed by atoms with Gasteiger partial charge in [-0.3, -0.25) is 4.79 Å². The van der Waals surface area contributed by atoms with Gasteiger partial charge in [-0.05, 0) is 30.7 Å². The topological polar surface area (TPSA) is 65.5 Å². The zero-order valence-electron chi connectivity index (χ0n) is 11.9. The second kappa shape index (κ2) is 6.11. The Morgan fingerprint density at radius 2 is 2.14 bits per heavy atom. The minimum atomic E-state index is -0.483. The van der Waals surface area contributed by atoms with E-state index in [-0.39, 0.29) is 11.6 Å². The van der Waals surface area contributed by atoms with Crippen LogP contribution in [0.1, 0.15) is 16.8 Å². The summed E-state index contributed by atoms with van der Waals surface area (Å²) in [5.74, 6) is -0.328. The summed E-state index contributed by atoms with van der Waals surface area (Å²) in [6, 6.07) is 9.51. The largest absolute Gasteiger partial charge is 0.391 e. The third-order valence-corrected chi connectivity index (χ3v) is 3.62. The Hall–Kier alpha value is -2.47. The molecule has 0 saturated carbocycles. The maximum Gasteiger partial charge on any atom is 0.257 e. The molecular weight excluding hydrogens is 285 g/mol. The maximum absolute atomic E-state index is 13.7. The SMILES string of the molecule is O=C(c1cccnc1Nc1ccccc1F)N1CC[C@@H](O)C1. The summed E-state index contributed by atoms with van der Waals surface area (Å²) in [4.78, 5) is 18.2. The van der Waals surface area contributed by atoms with Gasteiger partial charge in [0.25, 0.3) is 5.91 Å². The number of β-amino-alcohol motifs (C(OH)–C–C–N with tert-alkyl or cyclic N) is 1. The molecule has 1 amide bonds. The molecule has 0 spiro atoms. The molecule has 1 aliphatic heterocycles. The van der Waals surface area contributed by atoms with Crippen molar-refractivity contribution in [3.05, 3.63) is 54.0 Å². The van der Waals surface area contributed by atoms with Gasteiger partial charge in [-0.1, -0.05) is 12.1 Å². The lowest BCUT2D eigenvalue weighted by Crippen LogP contribution is -2.30. The van der Waals surface area contributed by atoms with Crippen molar-refractivity contribution in [2.45, 2.75) is 12.5 Å². The van der Waals surface area contributed by atoms with E-state index in [0.29, 0.717) is 30.9 Å². The summed E-state index contributed by atoms with van der Waals surface area (Å²) in [6.45, 7) is 0.820. The number of nitrogens with one attached hydrogen (secondary N) is 1. The minimum Gasteiger partial charge on any atom is -0.391 e. The molecule has 1 aliphatic rings. The number of hydrogen-bond acceptors (Lipinski definition) is 4. The molecule has 6 heteroatoms. The summed E-state index contributed by atoms with van der Waals surface area (Å²) < 4.78 is 13.7. The van der Waals surface area contributed by atoms with Crippen molar-refractivity contribution in [3.63, 3.8) is 0 Å². The minimum absolute atomic E-state index is 0.219. The average molecular weight is 301 g/mol. The van der Waals surface area contributed by atoms with E-state index in [1.165, 1.54) is 6.07 Å². The van der Waals surface area contributed by atoms with Crippen molar-refractivity contribution in [3.8, 4) is 0 Å². The number of benzene rings is 1. The molecule has 1 fully saturated rings. The van der Waals surface area contributed by atoms with Gasteiger partial charge in [-0.2, -0.15) is 0 Å². The average Bonchev–Trinajstić information content (AvgIpc) is 2.96. The van der Waals surface area contributed by atoms with Crippen LogP contribution in [0.25, 0.3) is 0 Å². The van der Waals surface area contributed by atoms with Gasteiger partial charge in [0.05, 0.1) is 17.4 Å². The molecule has 22 heavy (non-hydrogen) atoms. The number of para-hydroxylation sites is 1. The van der Waals surface area contributed by atoms with Crippen molar-refractivity contribution >= 4 is 17.4 Å². The van der Waals surface area contributed by atoms with Crippen molar-refractivity contribution in [1.29, 1.82) is 0 Å². The highest BCUT2D eigenvalue weighted by Crippen LogP contribution is 2.23. The second-order valence-corrected chi connectivity index (χ2v) is 5.20. The number of rotatable bonds is 3. The molecule has 1 saturated heterocycles. The summed E-state index contributed by atoms with van der Waals surface area (Å²) in [5.41, 5.74) is 0.622. The maximum atomic E-state index is 13.7. The fourth-order valence-electron chi connectivity index (χ4n) is 2.46. The van der Waals surface area contributed by atoms with Crippen LogP contribution >= 0.6 is 0 Å². The molecule has 1 aromatic heterocycles. The number of carbonyl (C=O) groups excluding carboxylic acids is 1. The first-order chi connectivity index (χ1) is 10.6. The fourth-order valence-corrected chi connectivity index (χ4v) is 2.46. The smallest absolute Gasteiger partial charge is 0.257 e. The molecule has 1 aromatic carbocycles. The Kier molecular flexibility index (Phi) is 4.02. The van der Waals surface area contributed by atoms with Gasteiger partial charge < -0.3 is 15.3 Å². The van der Waals surface area contributed by atoms with E-state index in [9.17, 15) is 14.3 Å². The molecule has 114 valence electrons. The molecule has 0 bridgehead atoms. The van der Waals surface area contributed by atoms with Crippen molar-refractivity contribution in [2.24, 2.45) is 0 Å². The number of hydrogen-bond donors (Lipinski definition) is 2. The lowest BCUT2D eigenvalue weighted by molar-refractivity contribution is 0.0765. The number of likely N-dealkylation sites (tertiary alicyclic amines) is 1. The van der Waals surface area contributed by atoms with E-state index in [4.69, 9.17) is 0 Å². The van der Waals surface area contributed by atoms with E-state index in [0.717, 1.165) is 0 Å². The Morgan fingerprint density at radius 3 is 2.86 bits per heavy atom. The number of pyridine rings is 1. The van der Waals surface area contributed by atoms with Gasteiger partial charge in [0, 0.05) is 19.3 Å². The van der Waals surface area contributed by atoms with Crippen LogP contribution in [0.15, 0.2) is 42.6 Å². The van der Waals surface area contributed by atoms with Crippen LogP contribution in [0.4, 0.5) is 15.9 Å². The Bertz CT molecular complexity index is 693. The van der Waals surface area contributed by atoms with E-state index >= 15 is 0 Å². The van der Waals surface area contributed by atoms with Gasteiger partial charge in [0.2, 0.25) is 0 Å². The summed E-state index contributed by atoms with van der Waals surface area (Å²) in [7, 11) is 0. The van der Waals surface area contributed by atoms with Crippen LogP contribution in [0.5, 0.6) is 0 Å². The molecule has 2 heterocycles. The first-order valence-corrected chi connectivity index (χ1v) is 7.09. The van der Waals surface area contributed by atoms with Crippen LogP contribution in [-0.2, 0) is 0 Å². The predicted octanol–water partition coefficient (Wildman–Crippen LogP) is 2.17. The molecule has 2 aromatic rings. The van der Waals surface area contributed by atoms with Gasteiger partial charge in [-0.25, -0.2) is 9.37 Å². The number of aliphatic hydroxyl groups is 1. The second-order valence-electron chi connectivity index (χ2n) is 5.20. The van der Waals surface area contributed by atoms with Gasteiger partial charge >= 0.3 is 0 Å². The lowest BCUT2D eigenvalue weighted by atomic mass is 10.2. The van der Waals surface area contributed by atoms with Gasteiger partial charge in [-0.15, -0.1) is 0 Å². The van der Waals surface area contributed by atoms with Crippen molar-refractivity contribution in [1.82, 2.24) is 9.88 Å². The number of carbonyl (C=O) groups is 1. The normalized spacial score (nSPS) is 17.5. The van der Waals surface area contributed by atoms with Crippen LogP contribution in [0.3, 0.4) is 0 Å². The molecule has 0 aliphatic carbocycles. The quantitative estimate of drug-likeness (QED) is 0.912. The Labute approximate surface area is 127 Å². The monoisotopic (exact) mass is 301 g/mol. The molecule has 3 rings (SSSR count). The molecule has 0 radical (unpaired) electrons. The summed E-state index contributed by atoms with van der Waals surface area (Å²) in [6.07, 6.45) is 1.63. The molecule has 0 unspecified atom stereocenters. The summed E-state index contributed by atoms with van der Waals surface area (Å²) >= 11 is 0. The number of amides is 1. The number of nitrogens with zero attached hydrogens (tertiary/aromatic N) is 2. The van der Waals surface area contributed by atoms with Gasteiger partial charge in [0.1, 0.15) is 11.6 Å². The van der Waals surface area contributed by atoms with Gasteiger partial charge in [0.15, 0.2) is 0 Å². The number of anilines is 2. The first-order valence-electron chi connectivity index (χ1n) is 7.09. The standard InChI is InChI=1S/C16H16FN3O2/c17-13-5-1-2-6-14(13)19-15-12(4-3-8-18-15)16(22)20-9-7-11(21)10-20/h1-6,8,11,21H,7,9-10H2,(H,18,19)/t11-/m1/s1. The fraction of sp³-hybridized carbons (Fsp3) is 0.250. The third-order valence-electron chi connectivity index (χ3n) is 3.62. The Morgan fingerprint density at radius 1 is 1.32 bits per heavy atom. The van der Waals surface area contributed by atoms with Crippen LogP contribution in [0.2, 0.25) is 0 Å². The number of aliphatic hydroxyl groups excluding tert-OH is 1. The predicted molar refractivity (Wildman–Crippen MR) is 80.4 cm³/mol. The van der Waals surface area contributed by atoms with E-state index in [1.807, 2.05) is 0 Å². The van der Waals surface area contributed by atoms with Crippen LogP contribution in [-0.4, -0.2) is 40.1 Å². The zero-order chi connectivity index (χ0) is 15.5. The van der Waals surface area contributed by atoms with E-state index < -0.39 is 11.9 Å². The Balaban J connectivity index is 1.87. The highest BCUT2D eigenvalue weighted by atomic mass is 19.1. The van der Waals surface area contributed by atoms with Crippen molar-refractivity contribution < 1.29 is 14.3 Å². The highest BCUT2D eigenvalue weighted by molar-refractivity contribution is 5.99. The first kappa shape index (κ1) is 14.5. The number of halogens is 1. The zero-order valence-corrected chi connectivity index (χ0v) is 11.9. The van der Waals surface area contributed by atoms with Crippen molar-refractivity contribution in [2.75, 3.05) is 18.4 Å². The van der Waals surface area contributed by atoms with Crippen LogP contribution < -0.4 is 5.32 Å². The molecule has 5 nitrogen and oxygen atoms in total. The molecular formula is C16H16FN3O2. The molecule has 1 atom stereocenters.